The van der Waals surface area contributed by atoms with E-state index < -0.39 is 30.6 Å². The number of carbonyl (C=O) groups is 4. The van der Waals surface area contributed by atoms with Gasteiger partial charge in [-0.25, -0.2) is 19.6 Å². The number of alkyl carbamates (subject to hydrolysis) is 2. The smallest absolute Gasteiger partial charge is 0.407 e. The third kappa shape index (κ3) is 9.25. The van der Waals surface area contributed by atoms with E-state index >= 15 is 0 Å². The van der Waals surface area contributed by atoms with Crippen LogP contribution in [0, 0.1) is 11.8 Å². The molecule has 4 N–H and O–H groups in total. The summed E-state index contributed by atoms with van der Waals surface area (Å²) in [4.78, 5) is 70.7. The summed E-state index contributed by atoms with van der Waals surface area (Å²) >= 11 is 1.52. The minimum Gasteiger partial charge on any atom is -0.453 e. The van der Waals surface area contributed by atoms with Gasteiger partial charge in [-0.3, -0.25) is 9.59 Å². The second-order valence-corrected chi connectivity index (χ2v) is 14.4. The first-order valence-corrected chi connectivity index (χ1v) is 17.6. The minimum absolute atomic E-state index is 0.0889. The van der Waals surface area contributed by atoms with Crippen molar-refractivity contribution in [2.75, 3.05) is 41.5 Å². The van der Waals surface area contributed by atoms with Crippen molar-refractivity contribution in [1.82, 2.24) is 40.4 Å². The van der Waals surface area contributed by atoms with Crippen molar-refractivity contribution >= 4 is 35.3 Å². The van der Waals surface area contributed by atoms with E-state index in [9.17, 15) is 19.2 Å². The van der Waals surface area contributed by atoms with Crippen molar-refractivity contribution in [3.05, 3.63) is 46.7 Å². The van der Waals surface area contributed by atoms with Crippen molar-refractivity contribution in [2.45, 2.75) is 77.9 Å². The SMILES string of the molecule is COC(=O)N[C@@H](C(=O)N(C)[C@H](C)c1ncc(-c2ccc(C3OCC(c4cnc([C@@H](C)N(C)C(=O)[C@H](NC(=O)OC)C(C)C)[nH]4)CO3)s2)[nH]1)C(C)C. The molecule has 0 bridgehead atoms. The van der Waals surface area contributed by atoms with Crippen molar-refractivity contribution in [3.8, 4) is 10.6 Å². The minimum atomic E-state index is -0.744. The molecular formula is C34H50N8O8S. The number of likely N-dealkylation sites (N-methyl/N-ethyl adjacent to an activating group) is 2. The molecule has 280 valence electrons. The van der Waals surface area contributed by atoms with Gasteiger partial charge in [0, 0.05) is 31.9 Å². The number of aromatic amines is 2. The molecule has 0 aliphatic carbocycles. The van der Waals surface area contributed by atoms with Crippen LogP contribution in [0.2, 0.25) is 0 Å². The molecule has 4 amide bonds. The fourth-order valence-electron chi connectivity index (χ4n) is 5.50. The van der Waals surface area contributed by atoms with Crippen LogP contribution in [0.25, 0.3) is 10.6 Å². The van der Waals surface area contributed by atoms with Gasteiger partial charge < -0.3 is 49.3 Å². The molecule has 1 fully saturated rings. The van der Waals surface area contributed by atoms with Crippen molar-refractivity contribution in [1.29, 1.82) is 0 Å². The monoisotopic (exact) mass is 730 g/mol. The van der Waals surface area contributed by atoms with Gasteiger partial charge in [0.25, 0.3) is 0 Å². The number of hydrogen-bond acceptors (Lipinski definition) is 11. The molecule has 51 heavy (non-hydrogen) atoms. The third-order valence-electron chi connectivity index (χ3n) is 9.10. The van der Waals surface area contributed by atoms with E-state index in [4.69, 9.17) is 14.2 Å². The summed E-state index contributed by atoms with van der Waals surface area (Å²) in [6.45, 7) is 11.9. The van der Waals surface area contributed by atoms with Crippen LogP contribution in [0.1, 0.15) is 88.1 Å². The van der Waals surface area contributed by atoms with E-state index in [1.165, 1.54) is 25.6 Å². The normalized spacial score (nSPS) is 18.4. The second-order valence-electron chi connectivity index (χ2n) is 13.3. The number of H-pyrrole nitrogens is 2. The number of hydrogen-bond donors (Lipinski definition) is 4. The molecule has 3 aromatic rings. The van der Waals surface area contributed by atoms with E-state index in [1.807, 2.05) is 53.7 Å². The van der Waals surface area contributed by atoms with E-state index in [1.54, 1.807) is 36.3 Å². The Hall–Kier alpha value is -4.48. The highest BCUT2D eigenvalue weighted by Crippen LogP contribution is 2.37. The summed E-state index contributed by atoms with van der Waals surface area (Å²) in [6.07, 6.45) is 1.60. The Morgan fingerprint density at radius 3 is 1.78 bits per heavy atom. The van der Waals surface area contributed by atoms with Gasteiger partial charge in [0.05, 0.1) is 61.2 Å². The molecule has 1 saturated heterocycles. The van der Waals surface area contributed by atoms with Crippen LogP contribution in [0.3, 0.4) is 0 Å². The fourth-order valence-corrected chi connectivity index (χ4v) is 6.48. The number of ether oxygens (including phenoxy) is 4. The molecule has 0 spiro atoms. The summed E-state index contributed by atoms with van der Waals surface area (Å²) in [5.74, 6) is 0.324. The van der Waals surface area contributed by atoms with Crippen LogP contribution in [0.5, 0.6) is 0 Å². The van der Waals surface area contributed by atoms with Gasteiger partial charge in [-0.2, -0.15) is 0 Å². The van der Waals surface area contributed by atoms with Crippen LogP contribution in [0.4, 0.5) is 9.59 Å². The average Bonchev–Trinajstić information content (AvgIpc) is 3.92. The predicted octanol–water partition coefficient (Wildman–Crippen LogP) is 4.49. The summed E-state index contributed by atoms with van der Waals surface area (Å²) in [5, 5.41) is 5.24. The van der Waals surface area contributed by atoms with Crippen LogP contribution in [-0.2, 0) is 28.5 Å². The Labute approximate surface area is 302 Å². The number of carbonyl (C=O) groups excluding carboxylic acids is 4. The van der Waals surface area contributed by atoms with E-state index in [2.05, 4.69) is 35.3 Å². The average molecular weight is 731 g/mol. The standard InChI is InChI=1S/C34H50N8O8S/c1-17(2)26(39-33(45)47-9)30(43)41(7)19(5)28-35-13-22(37-28)21-15-49-32(50-16-21)25-12-11-24(51-25)23-14-36-29(38-23)20(6)42(8)31(44)27(18(3)4)40-34(46)48-10/h11-14,17-21,26-27,32H,15-16H2,1-10H3,(H,35,37)(H,36,38)(H,39,45)(H,40,46)/t19-,20-,21?,26-,27-,32?/m1/s1. The molecule has 17 heteroatoms. The Bertz CT molecular complexity index is 1650. The third-order valence-corrected chi connectivity index (χ3v) is 10.2. The molecule has 1 aliphatic rings. The summed E-state index contributed by atoms with van der Waals surface area (Å²) in [6, 6.07) is 1.66. The summed E-state index contributed by atoms with van der Waals surface area (Å²) in [7, 11) is 5.87. The van der Waals surface area contributed by atoms with Gasteiger partial charge in [0.2, 0.25) is 11.8 Å². The molecule has 1 aliphatic heterocycles. The van der Waals surface area contributed by atoms with Gasteiger partial charge in [-0.05, 0) is 37.8 Å². The first-order valence-electron chi connectivity index (χ1n) is 16.8. The molecule has 4 atom stereocenters. The first-order chi connectivity index (χ1) is 24.2. The van der Waals surface area contributed by atoms with Gasteiger partial charge in [0.15, 0.2) is 6.29 Å². The lowest BCUT2D eigenvalue weighted by atomic mass is 10.0. The van der Waals surface area contributed by atoms with Crippen LogP contribution in [0.15, 0.2) is 24.5 Å². The Morgan fingerprint density at radius 1 is 0.804 bits per heavy atom. The van der Waals surface area contributed by atoms with Crippen LogP contribution >= 0.6 is 11.3 Å². The molecule has 4 rings (SSSR count). The van der Waals surface area contributed by atoms with Gasteiger partial charge in [0.1, 0.15) is 23.7 Å². The van der Waals surface area contributed by atoms with Crippen LogP contribution in [-0.4, -0.2) is 107 Å². The maximum Gasteiger partial charge on any atom is 0.407 e. The Balaban J connectivity index is 1.34. The van der Waals surface area contributed by atoms with Gasteiger partial charge in [-0.1, -0.05) is 27.7 Å². The van der Waals surface area contributed by atoms with Gasteiger partial charge >= 0.3 is 12.2 Å². The highest BCUT2D eigenvalue weighted by Gasteiger charge is 2.33. The number of nitrogens with zero attached hydrogens (tertiary/aromatic N) is 4. The number of nitrogens with one attached hydrogen (secondary N) is 4. The molecule has 3 aromatic heterocycles. The number of aromatic nitrogens is 4. The Morgan fingerprint density at radius 2 is 1.29 bits per heavy atom. The number of rotatable bonds is 13. The zero-order valence-electron chi connectivity index (χ0n) is 30.8. The number of methoxy groups -OCH3 is 2. The highest BCUT2D eigenvalue weighted by molar-refractivity contribution is 7.15. The fraction of sp³-hybridized carbons (Fsp3) is 0.588. The van der Waals surface area contributed by atoms with Crippen molar-refractivity contribution < 1.29 is 38.1 Å². The van der Waals surface area contributed by atoms with E-state index in [0.717, 1.165) is 21.1 Å². The molecule has 0 radical (unpaired) electrons. The maximum atomic E-state index is 13.2. The van der Waals surface area contributed by atoms with E-state index in [0.29, 0.717) is 24.9 Å². The second kappa shape index (κ2) is 17.2. The van der Waals surface area contributed by atoms with E-state index in [-0.39, 0.29) is 41.7 Å². The lowest BCUT2D eigenvalue weighted by Crippen LogP contribution is -2.50. The molecule has 16 nitrogen and oxygen atoms in total. The van der Waals surface area contributed by atoms with Crippen molar-refractivity contribution in [2.24, 2.45) is 11.8 Å². The Kier molecular flexibility index (Phi) is 13.2. The lowest BCUT2D eigenvalue weighted by Gasteiger charge is -2.30. The lowest BCUT2D eigenvalue weighted by molar-refractivity contribution is -0.190. The molecule has 0 saturated carbocycles. The molecule has 4 heterocycles. The molecule has 0 unspecified atom stereocenters. The summed E-state index contributed by atoms with van der Waals surface area (Å²) in [5.41, 5.74) is 1.62. The first kappa shape index (κ1) is 39.3. The van der Waals surface area contributed by atoms with Gasteiger partial charge in [-0.15, -0.1) is 11.3 Å². The zero-order chi connectivity index (χ0) is 37.6. The summed E-state index contributed by atoms with van der Waals surface area (Å²) < 4.78 is 21.6. The molecule has 0 aromatic carbocycles. The van der Waals surface area contributed by atoms with Crippen molar-refractivity contribution in [3.63, 3.8) is 0 Å². The number of imidazole rings is 2. The quantitative estimate of drug-likeness (QED) is 0.195. The maximum absolute atomic E-state index is 13.2. The highest BCUT2D eigenvalue weighted by atomic mass is 32.1. The number of thiophene rings is 1. The van der Waals surface area contributed by atoms with Crippen LogP contribution < -0.4 is 10.6 Å². The largest absolute Gasteiger partial charge is 0.453 e. The topological polar surface area (TPSA) is 193 Å². The zero-order valence-corrected chi connectivity index (χ0v) is 31.6. The predicted molar refractivity (Wildman–Crippen MR) is 189 cm³/mol. The molecular weight excluding hydrogens is 680 g/mol. The number of amides is 4.